The van der Waals surface area contributed by atoms with Crippen LogP contribution in [0, 0.1) is 0 Å². The molecule has 0 N–H and O–H groups in total. The number of rotatable bonds is 3. The van der Waals surface area contributed by atoms with Gasteiger partial charge in [-0.3, -0.25) is 0 Å². The Labute approximate surface area is 151 Å². The number of hydrogen-bond acceptors (Lipinski definition) is 7. The van der Waals surface area contributed by atoms with Gasteiger partial charge in [0.25, 0.3) is 10.0 Å². The molecule has 2 aliphatic rings. The van der Waals surface area contributed by atoms with E-state index in [0.717, 1.165) is 0 Å². The summed E-state index contributed by atoms with van der Waals surface area (Å²) in [4.78, 5) is 0. The van der Waals surface area contributed by atoms with E-state index in [1.165, 1.54) is 16.4 Å². The summed E-state index contributed by atoms with van der Waals surface area (Å²) in [5, 5.41) is 2.90. The molecular formula is C15H15F3N2O6S. The Morgan fingerprint density at radius 1 is 1.11 bits per heavy atom. The molecule has 0 amide bonds. The average molecular weight is 408 g/mol. The second-order valence-corrected chi connectivity index (χ2v) is 8.07. The molecule has 4 rings (SSSR count). The number of piperidine rings is 1. The molecular weight excluding hydrogens is 393 g/mol. The molecule has 0 aliphatic carbocycles. The number of furan rings is 1. The summed E-state index contributed by atoms with van der Waals surface area (Å²) in [6.45, 7) is 1.32. The summed E-state index contributed by atoms with van der Waals surface area (Å²) in [6, 6.07) is 3.06. The average Bonchev–Trinajstić information content (AvgIpc) is 3.35. The first-order valence-electron chi connectivity index (χ1n) is 8.12. The highest BCUT2D eigenvalue weighted by atomic mass is 32.2. The zero-order valence-corrected chi connectivity index (χ0v) is 14.7. The van der Waals surface area contributed by atoms with Crippen molar-refractivity contribution in [3.8, 4) is 11.5 Å². The molecule has 148 valence electrons. The van der Waals surface area contributed by atoms with Gasteiger partial charge in [-0.25, -0.2) is 8.42 Å². The minimum atomic E-state index is -4.69. The van der Waals surface area contributed by atoms with E-state index in [2.05, 4.69) is 9.68 Å². The lowest BCUT2D eigenvalue weighted by atomic mass is 10.1. The molecule has 12 heteroatoms. The van der Waals surface area contributed by atoms with Gasteiger partial charge in [-0.1, -0.05) is 5.16 Å². The van der Waals surface area contributed by atoms with E-state index < -0.39 is 27.7 Å². The van der Waals surface area contributed by atoms with Gasteiger partial charge in [0.05, 0.1) is 13.2 Å². The fraction of sp³-hybridized carbons (Fsp3) is 0.533. The molecule has 2 saturated heterocycles. The molecule has 0 aromatic carbocycles. The number of hydrogen-bond donors (Lipinski definition) is 0. The van der Waals surface area contributed by atoms with Gasteiger partial charge in [-0.15, -0.1) is 0 Å². The summed E-state index contributed by atoms with van der Waals surface area (Å²) in [5.41, 5.74) is -0.242. The molecule has 2 aromatic heterocycles. The lowest BCUT2D eigenvalue weighted by Gasteiger charge is -2.36. The van der Waals surface area contributed by atoms with Crippen LogP contribution in [0.25, 0.3) is 11.5 Å². The van der Waals surface area contributed by atoms with Crippen LogP contribution in [0.15, 0.2) is 32.2 Å². The highest BCUT2D eigenvalue weighted by molar-refractivity contribution is 7.89. The van der Waals surface area contributed by atoms with Gasteiger partial charge in [-0.2, -0.15) is 17.5 Å². The number of alkyl halides is 3. The van der Waals surface area contributed by atoms with Crippen LogP contribution in [0.1, 0.15) is 18.6 Å². The Morgan fingerprint density at radius 3 is 2.37 bits per heavy atom. The number of aromatic nitrogens is 1. The molecule has 0 saturated carbocycles. The van der Waals surface area contributed by atoms with Crippen LogP contribution in [0.2, 0.25) is 0 Å². The molecule has 2 fully saturated rings. The first-order chi connectivity index (χ1) is 12.7. The molecule has 2 aromatic rings. The standard InChI is InChI=1S/C15H15F3N2O6S/c16-15(17,18)12-9-10(19-26-12)11-1-2-13(25-11)27(21,22)20-5-3-14(4-6-20)23-7-8-24-14/h1-2,9H,3-8H2. The van der Waals surface area contributed by atoms with Crippen molar-refractivity contribution in [1.29, 1.82) is 0 Å². The Hall–Kier alpha value is -1.89. The zero-order valence-electron chi connectivity index (χ0n) is 13.9. The topological polar surface area (TPSA) is 95.0 Å². The van der Waals surface area contributed by atoms with Crippen molar-refractivity contribution in [1.82, 2.24) is 9.46 Å². The van der Waals surface area contributed by atoms with Crippen LogP contribution >= 0.6 is 0 Å². The van der Waals surface area contributed by atoms with Gasteiger partial charge in [0, 0.05) is 32.0 Å². The summed E-state index contributed by atoms with van der Waals surface area (Å²) in [7, 11) is -3.94. The van der Waals surface area contributed by atoms with Crippen LogP contribution in [0.4, 0.5) is 13.2 Å². The van der Waals surface area contributed by atoms with Crippen molar-refractivity contribution in [3.05, 3.63) is 24.0 Å². The SMILES string of the molecule is O=S(=O)(c1ccc(-c2cc(C(F)(F)F)on2)o1)N1CCC2(CC1)OCCO2. The van der Waals surface area contributed by atoms with Gasteiger partial charge >= 0.3 is 6.18 Å². The van der Waals surface area contributed by atoms with Crippen LogP contribution in [0.5, 0.6) is 0 Å². The Balaban J connectivity index is 1.51. The van der Waals surface area contributed by atoms with Gasteiger partial charge < -0.3 is 18.4 Å². The van der Waals surface area contributed by atoms with Crippen LogP contribution in [-0.2, 0) is 25.7 Å². The maximum absolute atomic E-state index is 12.7. The molecule has 8 nitrogen and oxygen atoms in total. The summed E-state index contributed by atoms with van der Waals surface area (Å²) < 4.78 is 85.1. The minimum absolute atomic E-state index is 0.135. The van der Waals surface area contributed by atoms with Gasteiger partial charge in [0.2, 0.25) is 10.9 Å². The van der Waals surface area contributed by atoms with Crippen LogP contribution in [0.3, 0.4) is 0 Å². The normalized spacial score (nSPS) is 21.1. The third-order valence-corrected chi connectivity index (χ3v) is 6.29. The molecule has 27 heavy (non-hydrogen) atoms. The fourth-order valence-electron chi connectivity index (χ4n) is 3.10. The third kappa shape index (κ3) is 3.37. The van der Waals surface area contributed by atoms with E-state index in [0.29, 0.717) is 32.1 Å². The molecule has 0 bridgehead atoms. The van der Waals surface area contributed by atoms with Gasteiger partial charge in [0.15, 0.2) is 11.5 Å². The first-order valence-corrected chi connectivity index (χ1v) is 9.56. The summed E-state index contributed by atoms with van der Waals surface area (Å²) >= 11 is 0. The largest absolute Gasteiger partial charge is 0.452 e. The van der Waals surface area contributed by atoms with Crippen molar-refractivity contribution in [3.63, 3.8) is 0 Å². The van der Waals surface area contributed by atoms with E-state index in [9.17, 15) is 21.6 Å². The molecule has 0 radical (unpaired) electrons. The smallest absolute Gasteiger partial charge is 0.441 e. The number of nitrogens with zero attached hydrogens (tertiary/aromatic N) is 2. The zero-order chi connectivity index (χ0) is 19.3. The van der Waals surface area contributed by atoms with E-state index in [-0.39, 0.29) is 29.6 Å². The van der Waals surface area contributed by atoms with E-state index in [4.69, 9.17) is 13.9 Å². The van der Waals surface area contributed by atoms with Crippen LogP contribution < -0.4 is 0 Å². The predicted molar refractivity (Wildman–Crippen MR) is 81.8 cm³/mol. The van der Waals surface area contributed by atoms with Crippen molar-refractivity contribution in [2.45, 2.75) is 29.9 Å². The van der Waals surface area contributed by atoms with E-state index in [1.54, 1.807) is 0 Å². The lowest BCUT2D eigenvalue weighted by Crippen LogP contribution is -2.47. The second-order valence-electron chi connectivity index (χ2n) is 6.20. The minimum Gasteiger partial charge on any atom is -0.441 e. The quantitative estimate of drug-likeness (QED) is 0.770. The predicted octanol–water partition coefficient (Wildman–Crippen LogP) is 2.48. The lowest BCUT2D eigenvalue weighted by molar-refractivity contribution is -0.179. The van der Waals surface area contributed by atoms with Crippen molar-refractivity contribution < 1.29 is 40.0 Å². The molecule has 0 atom stereocenters. The summed E-state index contributed by atoms with van der Waals surface area (Å²) in [6.07, 6.45) is -3.92. The van der Waals surface area contributed by atoms with Crippen molar-refractivity contribution >= 4 is 10.0 Å². The van der Waals surface area contributed by atoms with Crippen molar-refractivity contribution in [2.75, 3.05) is 26.3 Å². The summed E-state index contributed by atoms with van der Waals surface area (Å²) in [5.74, 6) is -2.16. The van der Waals surface area contributed by atoms with Gasteiger partial charge in [-0.05, 0) is 12.1 Å². The fourth-order valence-corrected chi connectivity index (χ4v) is 4.45. The Bertz CT molecular complexity index is 919. The highest BCUT2D eigenvalue weighted by Gasteiger charge is 2.43. The third-order valence-electron chi connectivity index (χ3n) is 4.52. The van der Waals surface area contributed by atoms with Crippen molar-refractivity contribution in [2.24, 2.45) is 0 Å². The number of halogens is 3. The molecule has 1 spiro atoms. The van der Waals surface area contributed by atoms with Gasteiger partial charge in [0.1, 0.15) is 5.69 Å². The maximum atomic E-state index is 12.7. The number of sulfonamides is 1. The molecule has 0 unspecified atom stereocenters. The Morgan fingerprint density at radius 2 is 1.78 bits per heavy atom. The highest BCUT2D eigenvalue weighted by Crippen LogP contribution is 2.35. The van der Waals surface area contributed by atoms with Crippen LogP contribution in [-0.4, -0.2) is 50.0 Å². The Kier molecular flexibility index (Phi) is 4.33. The first kappa shape index (κ1) is 18.5. The molecule has 4 heterocycles. The number of ether oxygens (including phenoxy) is 2. The maximum Gasteiger partial charge on any atom is 0.452 e. The second kappa shape index (κ2) is 6.33. The molecule has 2 aliphatic heterocycles. The monoisotopic (exact) mass is 408 g/mol. The van der Waals surface area contributed by atoms with E-state index in [1.807, 2.05) is 0 Å². The van der Waals surface area contributed by atoms with E-state index >= 15 is 0 Å².